The van der Waals surface area contributed by atoms with Gasteiger partial charge in [0, 0.05) is 0 Å². The summed E-state index contributed by atoms with van der Waals surface area (Å²) in [5.74, 6) is 0.772. The van der Waals surface area contributed by atoms with Crippen molar-refractivity contribution in [3.05, 3.63) is 0 Å². The number of esters is 1. The van der Waals surface area contributed by atoms with Crippen molar-refractivity contribution >= 4 is 5.97 Å². The molecule has 1 N–H and O–H groups in total. The van der Waals surface area contributed by atoms with Gasteiger partial charge in [0.2, 0.25) is 0 Å². The Morgan fingerprint density at radius 2 is 2.00 bits per heavy atom. The molecule has 4 nitrogen and oxygen atoms in total. The summed E-state index contributed by atoms with van der Waals surface area (Å²) in [5, 5.41) is 3.23. The lowest BCUT2D eigenvalue weighted by molar-refractivity contribution is -0.151. The van der Waals surface area contributed by atoms with E-state index in [-0.39, 0.29) is 11.4 Å². The van der Waals surface area contributed by atoms with Gasteiger partial charge in [-0.25, -0.2) is 0 Å². The average Bonchev–Trinajstić information content (AvgIpc) is 2.43. The fraction of sp³-hybridized carbons (Fsp3) is 0.933. The number of piperidine rings is 1. The number of likely N-dealkylation sites (tertiary alicyclic amines) is 1. The maximum atomic E-state index is 11.6. The third-order valence-electron chi connectivity index (χ3n) is 4.30. The van der Waals surface area contributed by atoms with Crippen LogP contribution in [0.1, 0.15) is 39.5 Å². The van der Waals surface area contributed by atoms with Gasteiger partial charge in [-0.3, -0.25) is 4.79 Å². The van der Waals surface area contributed by atoms with E-state index >= 15 is 0 Å². The van der Waals surface area contributed by atoms with E-state index in [0.29, 0.717) is 0 Å². The molecule has 0 unspecified atom stereocenters. The minimum Gasteiger partial charge on any atom is -0.469 e. The smallest absolute Gasteiger partial charge is 0.311 e. The standard InChI is InChI=1S/C15H30N2O2/c1-15(2,14(18)19-4)8-12-17-10-6-13(7-11-17)5-9-16-3/h13,16H,5-12H2,1-4H3. The maximum Gasteiger partial charge on any atom is 0.311 e. The highest BCUT2D eigenvalue weighted by atomic mass is 16.5. The predicted molar refractivity (Wildman–Crippen MR) is 78.1 cm³/mol. The second kappa shape index (κ2) is 7.85. The van der Waals surface area contributed by atoms with Crippen molar-refractivity contribution in [3.63, 3.8) is 0 Å². The summed E-state index contributed by atoms with van der Waals surface area (Å²) in [4.78, 5) is 14.1. The molecule has 1 fully saturated rings. The lowest BCUT2D eigenvalue weighted by atomic mass is 9.88. The number of hydrogen-bond donors (Lipinski definition) is 1. The van der Waals surface area contributed by atoms with Crippen molar-refractivity contribution < 1.29 is 9.53 Å². The van der Waals surface area contributed by atoms with Crippen molar-refractivity contribution in [2.24, 2.45) is 11.3 Å². The minimum atomic E-state index is -0.363. The van der Waals surface area contributed by atoms with Crippen molar-refractivity contribution in [1.29, 1.82) is 0 Å². The van der Waals surface area contributed by atoms with E-state index in [1.165, 1.54) is 39.5 Å². The van der Waals surface area contributed by atoms with E-state index in [0.717, 1.165) is 25.4 Å². The van der Waals surface area contributed by atoms with E-state index in [9.17, 15) is 4.79 Å². The van der Waals surface area contributed by atoms with Gasteiger partial charge in [-0.1, -0.05) is 0 Å². The highest BCUT2D eigenvalue weighted by molar-refractivity contribution is 5.75. The molecule has 1 aliphatic heterocycles. The average molecular weight is 270 g/mol. The highest BCUT2D eigenvalue weighted by Crippen LogP contribution is 2.25. The van der Waals surface area contributed by atoms with Gasteiger partial charge in [0.1, 0.15) is 0 Å². The molecular weight excluding hydrogens is 240 g/mol. The Balaban J connectivity index is 2.24. The molecular formula is C15H30N2O2. The first kappa shape index (κ1) is 16.4. The molecule has 0 aromatic heterocycles. The zero-order valence-corrected chi connectivity index (χ0v) is 13.0. The quantitative estimate of drug-likeness (QED) is 0.717. The van der Waals surface area contributed by atoms with Crippen LogP contribution < -0.4 is 5.32 Å². The Morgan fingerprint density at radius 3 is 2.53 bits per heavy atom. The van der Waals surface area contributed by atoms with Crippen LogP contribution >= 0.6 is 0 Å². The first-order valence-corrected chi connectivity index (χ1v) is 7.45. The van der Waals surface area contributed by atoms with Crippen molar-refractivity contribution in [1.82, 2.24) is 10.2 Å². The molecule has 0 aromatic carbocycles. The Kier molecular flexibility index (Phi) is 6.80. The van der Waals surface area contributed by atoms with Gasteiger partial charge in [0.05, 0.1) is 12.5 Å². The first-order chi connectivity index (χ1) is 8.99. The van der Waals surface area contributed by atoms with Crippen LogP contribution in [0.15, 0.2) is 0 Å². The van der Waals surface area contributed by atoms with Gasteiger partial charge in [-0.2, -0.15) is 0 Å². The molecule has 0 saturated carbocycles. The summed E-state index contributed by atoms with van der Waals surface area (Å²) in [6, 6.07) is 0. The number of carbonyl (C=O) groups is 1. The minimum absolute atomic E-state index is 0.101. The topological polar surface area (TPSA) is 41.6 Å². The molecule has 0 aliphatic carbocycles. The molecule has 0 radical (unpaired) electrons. The Morgan fingerprint density at radius 1 is 1.37 bits per heavy atom. The number of methoxy groups -OCH3 is 1. The molecule has 0 bridgehead atoms. The highest BCUT2D eigenvalue weighted by Gasteiger charge is 2.29. The Bertz CT molecular complexity index is 271. The molecule has 1 aliphatic rings. The summed E-state index contributed by atoms with van der Waals surface area (Å²) >= 11 is 0. The monoisotopic (exact) mass is 270 g/mol. The predicted octanol–water partition coefficient (Wildman–Crippen LogP) is 1.90. The normalized spacial score (nSPS) is 18.5. The lowest BCUT2D eigenvalue weighted by Crippen LogP contribution is -2.38. The molecule has 1 rings (SSSR count). The number of carbonyl (C=O) groups excluding carboxylic acids is 1. The van der Waals surface area contributed by atoms with Gasteiger partial charge in [0.25, 0.3) is 0 Å². The van der Waals surface area contributed by atoms with E-state index in [1.807, 2.05) is 20.9 Å². The Hall–Kier alpha value is -0.610. The van der Waals surface area contributed by atoms with E-state index < -0.39 is 0 Å². The van der Waals surface area contributed by atoms with Gasteiger partial charge < -0.3 is 15.0 Å². The Labute approximate surface area is 117 Å². The third-order valence-corrected chi connectivity index (χ3v) is 4.30. The molecule has 19 heavy (non-hydrogen) atoms. The molecule has 112 valence electrons. The molecule has 4 heteroatoms. The maximum absolute atomic E-state index is 11.6. The molecule has 0 atom stereocenters. The van der Waals surface area contributed by atoms with E-state index in [4.69, 9.17) is 4.74 Å². The SMILES string of the molecule is CNCCC1CCN(CCC(C)(C)C(=O)OC)CC1. The molecule has 1 heterocycles. The van der Waals surface area contributed by atoms with Crippen LogP contribution in [-0.4, -0.2) is 51.2 Å². The second-order valence-electron chi connectivity index (χ2n) is 6.30. The van der Waals surface area contributed by atoms with Gasteiger partial charge in [-0.05, 0) is 78.7 Å². The number of hydrogen-bond acceptors (Lipinski definition) is 4. The van der Waals surface area contributed by atoms with Crippen molar-refractivity contribution in [2.75, 3.05) is 40.3 Å². The molecule has 1 saturated heterocycles. The summed E-state index contributed by atoms with van der Waals surface area (Å²) in [6.07, 6.45) is 4.75. The number of nitrogens with one attached hydrogen (secondary N) is 1. The molecule has 0 spiro atoms. The van der Waals surface area contributed by atoms with Crippen LogP contribution in [0.5, 0.6) is 0 Å². The fourth-order valence-corrected chi connectivity index (χ4v) is 2.66. The largest absolute Gasteiger partial charge is 0.469 e. The second-order valence-corrected chi connectivity index (χ2v) is 6.30. The number of nitrogens with zero attached hydrogens (tertiary/aromatic N) is 1. The van der Waals surface area contributed by atoms with Gasteiger partial charge in [-0.15, -0.1) is 0 Å². The van der Waals surface area contributed by atoms with E-state index in [2.05, 4.69) is 10.2 Å². The number of rotatable bonds is 7. The molecule has 0 aromatic rings. The lowest BCUT2D eigenvalue weighted by Gasteiger charge is -2.33. The van der Waals surface area contributed by atoms with Gasteiger partial charge >= 0.3 is 5.97 Å². The number of ether oxygens (including phenoxy) is 1. The van der Waals surface area contributed by atoms with Gasteiger partial charge in [0.15, 0.2) is 0 Å². The van der Waals surface area contributed by atoms with Crippen LogP contribution in [0.3, 0.4) is 0 Å². The van der Waals surface area contributed by atoms with Crippen LogP contribution in [-0.2, 0) is 9.53 Å². The van der Waals surface area contributed by atoms with Crippen LogP contribution in [0.4, 0.5) is 0 Å². The first-order valence-electron chi connectivity index (χ1n) is 7.45. The zero-order chi connectivity index (χ0) is 14.3. The summed E-state index contributed by atoms with van der Waals surface area (Å²) in [7, 11) is 3.49. The summed E-state index contributed by atoms with van der Waals surface area (Å²) in [6.45, 7) is 8.41. The summed E-state index contributed by atoms with van der Waals surface area (Å²) in [5.41, 5.74) is -0.363. The fourth-order valence-electron chi connectivity index (χ4n) is 2.66. The van der Waals surface area contributed by atoms with Crippen molar-refractivity contribution in [3.8, 4) is 0 Å². The van der Waals surface area contributed by atoms with Crippen LogP contribution in [0, 0.1) is 11.3 Å². The molecule has 0 amide bonds. The summed E-state index contributed by atoms with van der Waals surface area (Å²) < 4.78 is 4.85. The van der Waals surface area contributed by atoms with Crippen LogP contribution in [0.25, 0.3) is 0 Å². The van der Waals surface area contributed by atoms with E-state index in [1.54, 1.807) is 0 Å². The van der Waals surface area contributed by atoms with Crippen molar-refractivity contribution in [2.45, 2.75) is 39.5 Å². The third kappa shape index (κ3) is 5.49. The van der Waals surface area contributed by atoms with Crippen LogP contribution in [0.2, 0.25) is 0 Å². The zero-order valence-electron chi connectivity index (χ0n) is 13.0.